The number of rotatable bonds is 6. The van der Waals surface area contributed by atoms with Crippen LogP contribution in [0.3, 0.4) is 0 Å². The Morgan fingerprint density at radius 2 is 1.43 bits per heavy atom. The van der Waals surface area contributed by atoms with Crippen molar-refractivity contribution in [2.75, 3.05) is 0 Å². The molecule has 0 fully saturated rings. The van der Waals surface area contributed by atoms with Gasteiger partial charge in [-0.1, -0.05) is 13.8 Å². The summed E-state index contributed by atoms with van der Waals surface area (Å²) in [5.41, 5.74) is -1.56. The number of amides is 1. The molecule has 4 heteroatoms. The minimum Gasteiger partial charge on any atom is -0.459 e. The highest BCUT2D eigenvalue weighted by atomic mass is 16.6. The van der Waals surface area contributed by atoms with Gasteiger partial charge < -0.3 is 10.1 Å². The first-order chi connectivity index (χ1) is 9.17. The lowest BCUT2D eigenvalue weighted by atomic mass is 9.83. The van der Waals surface area contributed by atoms with Gasteiger partial charge in [0.15, 0.2) is 0 Å². The monoisotopic (exact) mass is 299 g/mol. The Labute approximate surface area is 130 Å². The summed E-state index contributed by atoms with van der Waals surface area (Å²) < 4.78 is 5.59. The number of carbonyl (C=O) groups is 2. The molecular formula is C17H33NO3. The highest BCUT2D eigenvalue weighted by molar-refractivity contribution is 5.82. The molecule has 4 nitrogen and oxygen atoms in total. The first-order valence-corrected chi connectivity index (χ1v) is 7.72. The molecule has 0 aromatic rings. The molecule has 1 amide bonds. The Bertz CT molecular complexity index is 376. The molecule has 0 atom stereocenters. The fourth-order valence-electron chi connectivity index (χ4n) is 1.64. The predicted molar refractivity (Wildman–Crippen MR) is 85.9 cm³/mol. The van der Waals surface area contributed by atoms with Crippen molar-refractivity contribution in [2.45, 2.75) is 86.8 Å². The number of nitrogens with one attached hydrogen (secondary N) is 1. The molecule has 0 aliphatic heterocycles. The maximum absolute atomic E-state index is 12.2. The van der Waals surface area contributed by atoms with E-state index >= 15 is 0 Å². The largest absolute Gasteiger partial charge is 0.459 e. The Hall–Kier alpha value is -1.06. The number of hydrogen-bond acceptors (Lipinski definition) is 3. The van der Waals surface area contributed by atoms with Crippen molar-refractivity contribution in [3.05, 3.63) is 0 Å². The van der Waals surface area contributed by atoms with Crippen LogP contribution >= 0.6 is 0 Å². The Kier molecular flexibility index (Phi) is 6.46. The van der Waals surface area contributed by atoms with E-state index in [-0.39, 0.29) is 17.9 Å². The van der Waals surface area contributed by atoms with Crippen LogP contribution in [-0.4, -0.2) is 23.5 Å². The third kappa shape index (κ3) is 7.49. The van der Waals surface area contributed by atoms with E-state index in [1.807, 2.05) is 62.3 Å². The van der Waals surface area contributed by atoms with Crippen LogP contribution in [0.4, 0.5) is 0 Å². The number of esters is 1. The molecule has 0 aliphatic rings. The van der Waals surface area contributed by atoms with Gasteiger partial charge in [0.05, 0.1) is 5.41 Å². The summed E-state index contributed by atoms with van der Waals surface area (Å²) in [5.74, 6) is -0.174. The van der Waals surface area contributed by atoms with E-state index in [9.17, 15) is 9.59 Å². The molecule has 21 heavy (non-hydrogen) atoms. The average Bonchev–Trinajstić information content (AvgIpc) is 2.24. The van der Waals surface area contributed by atoms with Crippen molar-refractivity contribution in [3.63, 3.8) is 0 Å². The van der Waals surface area contributed by atoms with E-state index in [1.54, 1.807) is 0 Å². The lowest BCUT2D eigenvalue weighted by Crippen LogP contribution is -2.42. The minimum atomic E-state index is -0.570. The number of hydrogen-bond donors (Lipinski definition) is 1. The molecule has 0 radical (unpaired) electrons. The molecule has 0 aliphatic carbocycles. The van der Waals surface area contributed by atoms with Crippen LogP contribution in [0.2, 0.25) is 0 Å². The predicted octanol–water partition coefficient (Wildman–Crippen LogP) is 3.69. The maximum atomic E-state index is 12.2. The molecule has 0 bridgehead atoms. The second-order valence-electron chi connectivity index (χ2n) is 8.41. The Morgan fingerprint density at radius 1 is 0.952 bits per heavy atom. The standard InChI is InChI=1S/C17H33NO3/c1-12(2)18-13(19)16(6,7)10-11-17(8,9)21-14(20)15(3,4)5/h12H,10-11H2,1-9H3,(H,18,19). The van der Waals surface area contributed by atoms with E-state index in [4.69, 9.17) is 4.74 Å². The third-order valence-electron chi connectivity index (χ3n) is 3.37. The molecule has 0 saturated heterocycles. The van der Waals surface area contributed by atoms with Gasteiger partial charge in [-0.05, 0) is 61.3 Å². The lowest BCUT2D eigenvalue weighted by Gasteiger charge is -2.32. The molecule has 0 aromatic heterocycles. The van der Waals surface area contributed by atoms with Gasteiger partial charge in [-0.2, -0.15) is 0 Å². The molecule has 0 aromatic carbocycles. The van der Waals surface area contributed by atoms with Gasteiger partial charge >= 0.3 is 5.97 Å². The average molecular weight is 299 g/mol. The van der Waals surface area contributed by atoms with Crippen molar-refractivity contribution in [1.29, 1.82) is 0 Å². The van der Waals surface area contributed by atoms with Gasteiger partial charge in [0.25, 0.3) is 0 Å². The first-order valence-electron chi connectivity index (χ1n) is 7.72. The zero-order valence-electron chi connectivity index (χ0n) is 15.2. The first kappa shape index (κ1) is 19.9. The summed E-state index contributed by atoms with van der Waals surface area (Å²) in [5, 5.41) is 2.94. The summed E-state index contributed by atoms with van der Waals surface area (Å²) in [6.07, 6.45) is 1.31. The van der Waals surface area contributed by atoms with E-state index in [0.717, 1.165) is 0 Å². The molecule has 0 saturated carbocycles. The van der Waals surface area contributed by atoms with E-state index < -0.39 is 16.4 Å². The van der Waals surface area contributed by atoms with E-state index in [0.29, 0.717) is 12.8 Å². The lowest BCUT2D eigenvalue weighted by molar-refractivity contribution is -0.167. The van der Waals surface area contributed by atoms with Gasteiger partial charge in [0, 0.05) is 11.5 Å². The summed E-state index contributed by atoms with van der Waals surface area (Å²) >= 11 is 0. The highest BCUT2D eigenvalue weighted by Gasteiger charge is 2.34. The Morgan fingerprint density at radius 3 is 1.81 bits per heavy atom. The SMILES string of the molecule is CC(C)NC(=O)C(C)(C)CCC(C)(C)OC(=O)C(C)(C)C. The molecule has 0 rings (SSSR count). The van der Waals surface area contributed by atoms with E-state index in [2.05, 4.69) is 5.32 Å². The highest BCUT2D eigenvalue weighted by Crippen LogP contribution is 2.30. The summed E-state index contributed by atoms with van der Waals surface area (Å²) in [6.45, 7) is 17.0. The second-order valence-corrected chi connectivity index (χ2v) is 8.41. The van der Waals surface area contributed by atoms with Gasteiger partial charge in [0.2, 0.25) is 5.91 Å². The molecule has 124 valence electrons. The van der Waals surface area contributed by atoms with Gasteiger partial charge in [0.1, 0.15) is 5.60 Å². The fourth-order valence-corrected chi connectivity index (χ4v) is 1.64. The van der Waals surface area contributed by atoms with Crippen LogP contribution in [0.5, 0.6) is 0 Å². The number of ether oxygens (including phenoxy) is 1. The van der Waals surface area contributed by atoms with Crippen molar-refractivity contribution >= 4 is 11.9 Å². The zero-order valence-corrected chi connectivity index (χ0v) is 15.2. The van der Waals surface area contributed by atoms with Gasteiger partial charge in [-0.25, -0.2) is 0 Å². The van der Waals surface area contributed by atoms with Crippen molar-refractivity contribution < 1.29 is 14.3 Å². The van der Waals surface area contributed by atoms with Gasteiger partial charge in [-0.15, -0.1) is 0 Å². The molecule has 1 N–H and O–H groups in total. The second kappa shape index (κ2) is 6.80. The van der Waals surface area contributed by atoms with Crippen LogP contribution in [-0.2, 0) is 14.3 Å². The van der Waals surface area contributed by atoms with Crippen LogP contribution in [0.25, 0.3) is 0 Å². The van der Waals surface area contributed by atoms with Crippen LogP contribution in [0, 0.1) is 10.8 Å². The fraction of sp³-hybridized carbons (Fsp3) is 0.882. The topological polar surface area (TPSA) is 55.4 Å². The smallest absolute Gasteiger partial charge is 0.311 e. The number of carbonyl (C=O) groups excluding carboxylic acids is 2. The summed E-state index contributed by atoms with van der Waals surface area (Å²) in [7, 11) is 0. The van der Waals surface area contributed by atoms with Crippen molar-refractivity contribution in [2.24, 2.45) is 10.8 Å². The normalized spacial score (nSPS) is 13.2. The van der Waals surface area contributed by atoms with Crippen molar-refractivity contribution in [3.8, 4) is 0 Å². The zero-order chi connectivity index (χ0) is 17.1. The Balaban J connectivity index is 4.61. The van der Waals surface area contributed by atoms with Crippen molar-refractivity contribution in [1.82, 2.24) is 5.32 Å². The molecule has 0 unspecified atom stereocenters. The van der Waals surface area contributed by atoms with Crippen LogP contribution in [0.15, 0.2) is 0 Å². The quantitative estimate of drug-likeness (QED) is 0.761. The van der Waals surface area contributed by atoms with Crippen LogP contribution in [0.1, 0.15) is 75.2 Å². The molecule has 0 heterocycles. The maximum Gasteiger partial charge on any atom is 0.311 e. The molecular weight excluding hydrogens is 266 g/mol. The molecule has 0 spiro atoms. The summed E-state index contributed by atoms with van der Waals surface area (Å²) in [4.78, 5) is 24.1. The summed E-state index contributed by atoms with van der Waals surface area (Å²) in [6, 6.07) is 0.128. The third-order valence-corrected chi connectivity index (χ3v) is 3.37. The van der Waals surface area contributed by atoms with Crippen LogP contribution < -0.4 is 5.32 Å². The minimum absolute atomic E-state index is 0.0375. The van der Waals surface area contributed by atoms with Gasteiger partial charge in [-0.3, -0.25) is 9.59 Å². The van der Waals surface area contributed by atoms with E-state index in [1.165, 1.54) is 0 Å².